The Bertz CT molecular complexity index is 509. The van der Waals surface area contributed by atoms with Crippen LogP contribution in [0.3, 0.4) is 0 Å². The van der Waals surface area contributed by atoms with Gasteiger partial charge in [0.05, 0.1) is 13.2 Å². The predicted octanol–water partition coefficient (Wildman–Crippen LogP) is 3.18. The number of amides is 1. The fourth-order valence-electron chi connectivity index (χ4n) is 3.20. The van der Waals surface area contributed by atoms with Gasteiger partial charge in [0.15, 0.2) is 0 Å². The lowest BCUT2D eigenvalue weighted by molar-refractivity contribution is -0.132. The van der Waals surface area contributed by atoms with Crippen LogP contribution in [-0.4, -0.2) is 37.1 Å². The quantitative estimate of drug-likeness (QED) is 0.784. The molecule has 0 aromatic heterocycles. The van der Waals surface area contributed by atoms with Crippen molar-refractivity contribution < 1.29 is 14.3 Å². The van der Waals surface area contributed by atoms with Crippen molar-refractivity contribution in [2.45, 2.75) is 44.9 Å². The molecule has 2 heterocycles. The van der Waals surface area contributed by atoms with Crippen LogP contribution in [0.2, 0.25) is 0 Å². The molecule has 0 N–H and O–H groups in total. The van der Waals surface area contributed by atoms with Gasteiger partial charge in [0.1, 0.15) is 11.5 Å². The van der Waals surface area contributed by atoms with E-state index in [-0.39, 0.29) is 5.91 Å². The minimum atomic E-state index is 0.279. The van der Waals surface area contributed by atoms with Gasteiger partial charge < -0.3 is 14.4 Å². The van der Waals surface area contributed by atoms with E-state index in [0.717, 1.165) is 63.3 Å². The lowest BCUT2D eigenvalue weighted by atomic mass is 10.1. The van der Waals surface area contributed by atoms with E-state index in [1.54, 1.807) is 0 Å². The average molecular weight is 303 g/mol. The first-order valence-electron chi connectivity index (χ1n) is 8.50. The molecular weight excluding hydrogens is 278 g/mol. The molecule has 2 aliphatic rings. The van der Waals surface area contributed by atoms with Crippen LogP contribution in [0.25, 0.3) is 0 Å². The molecule has 0 bridgehead atoms. The van der Waals surface area contributed by atoms with Gasteiger partial charge in [-0.25, -0.2) is 0 Å². The number of hydrogen-bond acceptors (Lipinski definition) is 3. The van der Waals surface area contributed by atoms with Crippen LogP contribution < -0.4 is 9.47 Å². The molecule has 4 nitrogen and oxygen atoms in total. The van der Waals surface area contributed by atoms with Crippen molar-refractivity contribution >= 4 is 5.91 Å². The Balaban J connectivity index is 1.44. The molecule has 2 aliphatic heterocycles. The number of piperidine rings is 1. The molecule has 0 aliphatic carbocycles. The van der Waals surface area contributed by atoms with E-state index in [0.29, 0.717) is 13.0 Å². The predicted molar refractivity (Wildman–Crippen MR) is 85.4 cm³/mol. The van der Waals surface area contributed by atoms with E-state index in [1.807, 2.05) is 23.1 Å². The molecule has 0 saturated carbocycles. The summed E-state index contributed by atoms with van der Waals surface area (Å²) in [6, 6.07) is 5.97. The van der Waals surface area contributed by atoms with Gasteiger partial charge in [0.2, 0.25) is 5.91 Å². The molecule has 1 amide bonds. The number of rotatable bonds is 5. The third-order valence-corrected chi connectivity index (χ3v) is 4.42. The molecule has 0 spiro atoms. The van der Waals surface area contributed by atoms with E-state index in [1.165, 1.54) is 12.0 Å². The second kappa shape index (κ2) is 7.52. The van der Waals surface area contributed by atoms with Gasteiger partial charge in [-0.1, -0.05) is 6.07 Å². The summed E-state index contributed by atoms with van der Waals surface area (Å²) in [6.07, 6.45) is 6.98. The Kier molecular flexibility index (Phi) is 5.20. The lowest BCUT2D eigenvalue weighted by Crippen LogP contribution is -2.35. The summed E-state index contributed by atoms with van der Waals surface area (Å²) in [6.45, 7) is 3.25. The van der Waals surface area contributed by atoms with Crippen molar-refractivity contribution in [2.24, 2.45) is 0 Å². The number of ether oxygens (including phenoxy) is 2. The number of carbonyl (C=O) groups is 1. The Morgan fingerprint density at radius 3 is 2.91 bits per heavy atom. The highest BCUT2D eigenvalue weighted by atomic mass is 16.5. The maximum absolute atomic E-state index is 12.1. The van der Waals surface area contributed by atoms with Gasteiger partial charge in [-0.2, -0.15) is 0 Å². The van der Waals surface area contributed by atoms with Gasteiger partial charge >= 0.3 is 0 Å². The summed E-state index contributed by atoms with van der Waals surface area (Å²) in [5, 5.41) is 0. The van der Waals surface area contributed by atoms with E-state index in [4.69, 9.17) is 9.47 Å². The Morgan fingerprint density at radius 2 is 2.05 bits per heavy atom. The van der Waals surface area contributed by atoms with Crippen molar-refractivity contribution in [3.63, 3.8) is 0 Å². The maximum Gasteiger partial charge on any atom is 0.222 e. The molecule has 1 aromatic carbocycles. The summed E-state index contributed by atoms with van der Waals surface area (Å²) in [4.78, 5) is 14.1. The second-order valence-corrected chi connectivity index (χ2v) is 6.08. The van der Waals surface area contributed by atoms with Gasteiger partial charge in [-0.3, -0.25) is 4.79 Å². The minimum absolute atomic E-state index is 0.279. The SMILES string of the molecule is O=C(CCCOc1cccc2c1CCCO2)N1CCCCC1. The summed E-state index contributed by atoms with van der Waals surface area (Å²) in [5.74, 6) is 2.15. The van der Waals surface area contributed by atoms with Crippen LogP contribution in [0.1, 0.15) is 44.1 Å². The molecule has 0 radical (unpaired) electrons. The Hall–Kier alpha value is -1.71. The van der Waals surface area contributed by atoms with Crippen LogP contribution in [0, 0.1) is 0 Å². The molecular formula is C18H25NO3. The monoisotopic (exact) mass is 303 g/mol. The zero-order valence-electron chi connectivity index (χ0n) is 13.2. The Labute approximate surface area is 132 Å². The van der Waals surface area contributed by atoms with Crippen molar-refractivity contribution in [3.8, 4) is 11.5 Å². The van der Waals surface area contributed by atoms with Crippen LogP contribution in [-0.2, 0) is 11.2 Å². The first kappa shape index (κ1) is 15.2. The Morgan fingerprint density at radius 1 is 1.18 bits per heavy atom. The van der Waals surface area contributed by atoms with Gasteiger partial charge in [0, 0.05) is 25.1 Å². The number of fused-ring (bicyclic) bond motifs is 1. The van der Waals surface area contributed by atoms with Crippen LogP contribution >= 0.6 is 0 Å². The molecule has 1 aromatic rings. The maximum atomic E-state index is 12.1. The second-order valence-electron chi connectivity index (χ2n) is 6.08. The highest BCUT2D eigenvalue weighted by Crippen LogP contribution is 2.32. The topological polar surface area (TPSA) is 38.8 Å². The minimum Gasteiger partial charge on any atom is -0.493 e. The fourth-order valence-corrected chi connectivity index (χ4v) is 3.20. The zero-order valence-corrected chi connectivity index (χ0v) is 13.2. The summed E-state index contributed by atoms with van der Waals surface area (Å²) in [7, 11) is 0. The first-order chi connectivity index (χ1) is 10.8. The number of nitrogens with zero attached hydrogens (tertiary/aromatic N) is 1. The summed E-state index contributed by atoms with van der Waals surface area (Å²) >= 11 is 0. The highest BCUT2D eigenvalue weighted by Gasteiger charge is 2.17. The van der Waals surface area contributed by atoms with E-state index in [9.17, 15) is 4.79 Å². The number of carbonyl (C=O) groups excluding carboxylic acids is 1. The molecule has 120 valence electrons. The van der Waals surface area contributed by atoms with Crippen LogP contribution in [0.15, 0.2) is 18.2 Å². The van der Waals surface area contributed by atoms with Crippen LogP contribution in [0.5, 0.6) is 11.5 Å². The van der Waals surface area contributed by atoms with Gasteiger partial charge in [-0.15, -0.1) is 0 Å². The number of likely N-dealkylation sites (tertiary alicyclic amines) is 1. The van der Waals surface area contributed by atoms with Crippen molar-refractivity contribution in [3.05, 3.63) is 23.8 Å². The van der Waals surface area contributed by atoms with Gasteiger partial charge in [-0.05, 0) is 50.7 Å². The van der Waals surface area contributed by atoms with Crippen molar-refractivity contribution in [1.82, 2.24) is 4.90 Å². The third-order valence-electron chi connectivity index (χ3n) is 4.42. The molecule has 0 unspecified atom stereocenters. The fraction of sp³-hybridized carbons (Fsp3) is 0.611. The standard InChI is InChI=1S/C18H25NO3/c20-18(19-11-2-1-3-12-19)10-6-14-22-17-9-4-8-16-15(17)7-5-13-21-16/h4,8-9H,1-3,5-7,10-14H2. The highest BCUT2D eigenvalue weighted by molar-refractivity contribution is 5.76. The molecule has 1 fully saturated rings. The van der Waals surface area contributed by atoms with E-state index < -0.39 is 0 Å². The molecule has 1 saturated heterocycles. The average Bonchev–Trinajstić information content (AvgIpc) is 2.59. The van der Waals surface area contributed by atoms with Crippen molar-refractivity contribution in [2.75, 3.05) is 26.3 Å². The normalized spacial score (nSPS) is 17.5. The molecule has 22 heavy (non-hydrogen) atoms. The smallest absolute Gasteiger partial charge is 0.222 e. The number of hydrogen-bond donors (Lipinski definition) is 0. The van der Waals surface area contributed by atoms with E-state index in [2.05, 4.69) is 0 Å². The zero-order chi connectivity index (χ0) is 15.2. The van der Waals surface area contributed by atoms with Crippen LogP contribution in [0.4, 0.5) is 0 Å². The molecule has 3 rings (SSSR count). The lowest BCUT2D eigenvalue weighted by Gasteiger charge is -2.26. The summed E-state index contributed by atoms with van der Waals surface area (Å²) in [5.41, 5.74) is 1.18. The molecule has 4 heteroatoms. The molecule has 0 atom stereocenters. The van der Waals surface area contributed by atoms with Crippen molar-refractivity contribution in [1.29, 1.82) is 0 Å². The largest absolute Gasteiger partial charge is 0.493 e. The first-order valence-corrected chi connectivity index (χ1v) is 8.50. The van der Waals surface area contributed by atoms with Gasteiger partial charge in [0.25, 0.3) is 0 Å². The summed E-state index contributed by atoms with van der Waals surface area (Å²) < 4.78 is 11.5. The van der Waals surface area contributed by atoms with E-state index >= 15 is 0 Å². The third kappa shape index (κ3) is 3.73. The number of benzene rings is 1.